The average molecular weight is 270 g/mol. The summed E-state index contributed by atoms with van der Waals surface area (Å²) in [5.74, 6) is 0.845. The molecule has 0 aliphatic carbocycles. The minimum atomic E-state index is -3.10. The standard InChI is InChI=1S/C12H18N2O3S/c1-10-8-11(4-5-12(10)17-2)13-6-7-14(9-13)18(3,15)16/h4-5,8H,6-7,9H2,1-3H3. The van der Waals surface area contributed by atoms with Gasteiger partial charge in [0.2, 0.25) is 10.0 Å². The maximum absolute atomic E-state index is 11.5. The molecule has 1 aromatic rings. The van der Waals surface area contributed by atoms with Crippen LogP contribution in [0.4, 0.5) is 5.69 Å². The van der Waals surface area contributed by atoms with E-state index < -0.39 is 10.0 Å². The van der Waals surface area contributed by atoms with Crippen LogP contribution in [-0.2, 0) is 10.0 Å². The van der Waals surface area contributed by atoms with Crippen molar-refractivity contribution in [2.45, 2.75) is 6.92 Å². The summed E-state index contributed by atoms with van der Waals surface area (Å²) < 4.78 is 29.6. The number of sulfonamides is 1. The number of aryl methyl sites for hydroxylation is 1. The summed E-state index contributed by atoms with van der Waals surface area (Å²) in [7, 11) is -1.46. The van der Waals surface area contributed by atoms with Crippen molar-refractivity contribution in [2.75, 3.05) is 38.0 Å². The second-order valence-corrected chi connectivity index (χ2v) is 6.48. The molecule has 6 heteroatoms. The zero-order valence-electron chi connectivity index (χ0n) is 10.9. The van der Waals surface area contributed by atoms with E-state index in [2.05, 4.69) is 0 Å². The van der Waals surface area contributed by atoms with Gasteiger partial charge in [-0.2, -0.15) is 4.31 Å². The number of hydrogen-bond donors (Lipinski definition) is 0. The zero-order valence-corrected chi connectivity index (χ0v) is 11.7. The molecule has 0 radical (unpaired) electrons. The van der Waals surface area contributed by atoms with Crippen molar-refractivity contribution >= 4 is 15.7 Å². The Morgan fingerprint density at radius 3 is 2.50 bits per heavy atom. The van der Waals surface area contributed by atoms with Crippen LogP contribution in [0.15, 0.2) is 18.2 Å². The molecule has 1 fully saturated rings. The van der Waals surface area contributed by atoms with E-state index in [1.165, 1.54) is 10.6 Å². The van der Waals surface area contributed by atoms with E-state index in [1.807, 2.05) is 30.0 Å². The Bertz CT molecular complexity index is 542. The van der Waals surface area contributed by atoms with Crippen molar-refractivity contribution in [3.63, 3.8) is 0 Å². The second-order valence-electron chi connectivity index (χ2n) is 4.50. The van der Waals surface area contributed by atoms with Crippen LogP contribution in [0.2, 0.25) is 0 Å². The highest BCUT2D eigenvalue weighted by atomic mass is 32.2. The number of anilines is 1. The molecule has 1 aliphatic heterocycles. The zero-order chi connectivity index (χ0) is 13.3. The minimum absolute atomic E-state index is 0.421. The van der Waals surface area contributed by atoms with Gasteiger partial charge in [-0.3, -0.25) is 0 Å². The van der Waals surface area contributed by atoms with Gasteiger partial charge in [-0.1, -0.05) is 0 Å². The highest BCUT2D eigenvalue weighted by Gasteiger charge is 2.26. The van der Waals surface area contributed by atoms with Gasteiger partial charge in [-0.05, 0) is 30.7 Å². The smallest absolute Gasteiger partial charge is 0.212 e. The first kappa shape index (κ1) is 13.2. The SMILES string of the molecule is COc1ccc(N2CCN(S(C)(=O)=O)C2)cc1C. The highest BCUT2D eigenvalue weighted by molar-refractivity contribution is 7.88. The molecule has 1 aromatic carbocycles. The van der Waals surface area contributed by atoms with Crippen LogP contribution in [0.3, 0.4) is 0 Å². The maximum atomic E-state index is 11.5. The lowest BCUT2D eigenvalue weighted by molar-refractivity contribution is 0.411. The molecule has 0 bridgehead atoms. The normalized spacial score (nSPS) is 17.2. The van der Waals surface area contributed by atoms with Crippen LogP contribution >= 0.6 is 0 Å². The lowest BCUT2D eigenvalue weighted by Gasteiger charge is -2.20. The molecule has 0 saturated carbocycles. The van der Waals surface area contributed by atoms with Crippen LogP contribution in [0, 0.1) is 6.92 Å². The monoisotopic (exact) mass is 270 g/mol. The molecule has 5 nitrogen and oxygen atoms in total. The van der Waals surface area contributed by atoms with Gasteiger partial charge in [0, 0.05) is 18.8 Å². The third kappa shape index (κ3) is 2.59. The van der Waals surface area contributed by atoms with E-state index in [0.29, 0.717) is 13.2 Å². The second kappa shape index (κ2) is 4.78. The molecular formula is C12H18N2O3S. The summed E-state index contributed by atoms with van der Waals surface area (Å²) >= 11 is 0. The van der Waals surface area contributed by atoms with Gasteiger partial charge in [0.1, 0.15) is 5.75 Å². The van der Waals surface area contributed by atoms with Crippen LogP contribution in [0.25, 0.3) is 0 Å². The number of methoxy groups -OCH3 is 1. The van der Waals surface area contributed by atoms with Crippen LogP contribution in [0.1, 0.15) is 5.56 Å². The molecule has 0 amide bonds. The Balaban J connectivity index is 2.17. The molecule has 1 saturated heterocycles. The largest absolute Gasteiger partial charge is 0.496 e. The fraction of sp³-hybridized carbons (Fsp3) is 0.500. The minimum Gasteiger partial charge on any atom is -0.496 e. The van der Waals surface area contributed by atoms with Gasteiger partial charge >= 0.3 is 0 Å². The van der Waals surface area contributed by atoms with Gasteiger partial charge in [0.25, 0.3) is 0 Å². The van der Waals surface area contributed by atoms with Crippen molar-refractivity contribution < 1.29 is 13.2 Å². The molecule has 0 unspecified atom stereocenters. The predicted octanol–water partition coefficient (Wildman–Crippen LogP) is 1.04. The first-order valence-electron chi connectivity index (χ1n) is 5.76. The highest BCUT2D eigenvalue weighted by Crippen LogP contribution is 2.26. The van der Waals surface area contributed by atoms with Crippen molar-refractivity contribution in [1.29, 1.82) is 0 Å². The van der Waals surface area contributed by atoms with Crippen molar-refractivity contribution in [1.82, 2.24) is 4.31 Å². The van der Waals surface area contributed by atoms with Gasteiger partial charge in [0.15, 0.2) is 0 Å². The first-order valence-corrected chi connectivity index (χ1v) is 7.61. The molecule has 2 rings (SSSR count). The molecule has 100 valence electrons. The van der Waals surface area contributed by atoms with Crippen molar-refractivity contribution in [3.8, 4) is 5.75 Å². The molecular weight excluding hydrogens is 252 g/mol. The molecule has 1 heterocycles. The Hall–Kier alpha value is -1.27. The summed E-state index contributed by atoms with van der Waals surface area (Å²) in [5, 5.41) is 0. The van der Waals surface area contributed by atoms with E-state index in [0.717, 1.165) is 23.5 Å². The molecule has 18 heavy (non-hydrogen) atoms. The van der Waals surface area contributed by atoms with Gasteiger partial charge in [0.05, 0.1) is 20.0 Å². The quantitative estimate of drug-likeness (QED) is 0.823. The van der Waals surface area contributed by atoms with Gasteiger partial charge in [-0.25, -0.2) is 8.42 Å². The third-order valence-corrected chi connectivity index (χ3v) is 4.40. The van der Waals surface area contributed by atoms with Crippen LogP contribution in [-0.4, -0.2) is 45.8 Å². The van der Waals surface area contributed by atoms with E-state index in [9.17, 15) is 8.42 Å². The summed E-state index contributed by atoms with van der Waals surface area (Å²) in [5.41, 5.74) is 2.08. The average Bonchev–Trinajstić information content (AvgIpc) is 2.77. The fourth-order valence-corrected chi connectivity index (χ4v) is 2.87. The van der Waals surface area contributed by atoms with E-state index in [-0.39, 0.29) is 0 Å². The Labute approximate surface area is 108 Å². The van der Waals surface area contributed by atoms with Gasteiger partial charge in [-0.15, -0.1) is 0 Å². The van der Waals surface area contributed by atoms with E-state index in [1.54, 1.807) is 7.11 Å². The van der Waals surface area contributed by atoms with E-state index >= 15 is 0 Å². The van der Waals surface area contributed by atoms with E-state index in [4.69, 9.17) is 4.74 Å². The number of ether oxygens (including phenoxy) is 1. The van der Waals surface area contributed by atoms with Crippen LogP contribution < -0.4 is 9.64 Å². The lowest BCUT2D eigenvalue weighted by Crippen LogP contribution is -2.30. The number of hydrogen-bond acceptors (Lipinski definition) is 4. The van der Waals surface area contributed by atoms with Gasteiger partial charge < -0.3 is 9.64 Å². The third-order valence-electron chi connectivity index (χ3n) is 3.16. The Kier molecular flexibility index (Phi) is 3.49. The van der Waals surface area contributed by atoms with Crippen molar-refractivity contribution in [2.24, 2.45) is 0 Å². The summed E-state index contributed by atoms with van der Waals surface area (Å²) in [4.78, 5) is 2.05. The van der Waals surface area contributed by atoms with Crippen molar-refractivity contribution in [3.05, 3.63) is 23.8 Å². The maximum Gasteiger partial charge on any atom is 0.212 e. The summed E-state index contributed by atoms with van der Waals surface area (Å²) in [6.07, 6.45) is 1.25. The Morgan fingerprint density at radius 1 is 1.28 bits per heavy atom. The number of benzene rings is 1. The molecule has 0 atom stereocenters. The molecule has 0 spiro atoms. The molecule has 1 aliphatic rings. The predicted molar refractivity (Wildman–Crippen MR) is 71.5 cm³/mol. The fourth-order valence-electron chi connectivity index (χ4n) is 2.10. The number of rotatable bonds is 3. The summed E-state index contributed by atoms with van der Waals surface area (Å²) in [6.45, 7) is 3.67. The van der Waals surface area contributed by atoms with Crippen LogP contribution in [0.5, 0.6) is 5.75 Å². The molecule has 0 aromatic heterocycles. The Morgan fingerprint density at radius 2 is 2.00 bits per heavy atom. The number of nitrogens with zero attached hydrogens (tertiary/aromatic N) is 2. The molecule has 0 N–H and O–H groups in total. The lowest BCUT2D eigenvalue weighted by atomic mass is 10.2. The first-order chi connectivity index (χ1) is 8.41. The summed E-state index contributed by atoms with van der Waals surface area (Å²) in [6, 6.07) is 5.88. The topological polar surface area (TPSA) is 49.9 Å².